The number of hydrogen-bond acceptors (Lipinski definition) is 3. The Morgan fingerprint density at radius 2 is 2.19 bits per heavy atom. The van der Waals surface area contributed by atoms with E-state index < -0.39 is 5.97 Å². The van der Waals surface area contributed by atoms with E-state index in [2.05, 4.69) is 16.1 Å². The Balaban J connectivity index is 1.84. The maximum Gasteiger partial charge on any atom is 0.325 e. The third-order valence-corrected chi connectivity index (χ3v) is 3.50. The van der Waals surface area contributed by atoms with Crippen LogP contribution in [0.3, 0.4) is 0 Å². The summed E-state index contributed by atoms with van der Waals surface area (Å²) in [7, 11) is 1.31. The van der Waals surface area contributed by atoms with Gasteiger partial charge in [0.2, 0.25) is 5.91 Å². The van der Waals surface area contributed by atoms with E-state index >= 15 is 0 Å². The Morgan fingerprint density at radius 3 is 2.88 bits per heavy atom. The molecule has 0 aromatic rings. The third-order valence-electron chi connectivity index (χ3n) is 3.50. The summed E-state index contributed by atoms with van der Waals surface area (Å²) in [6.45, 7) is -0.0376. The lowest BCUT2D eigenvalue weighted by Crippen LogP contribution is -2.39. The van der Waals surface area contributed by atoms with E-state index in [1.807, 2.05) is 0 Å². The minimum absolute atomic E-state index is 0.0376. The van der Waals surface area contributed by atoms with Crippen molar-refractivity contribution in [3.8, 4) is 0 Å². The molecule has 88 valence electrons. The quantitative estimate of drug-likeness (QED) is 0.727. The fourth-order valence-electron chi connectivity index (χ4n) is 2.55. The van der Waals surface area contributed by atoms with Gasteiger partial charge in [-0.15, -0.1) is 0 Å². The zero-order valence-corrected chi connectivity index (χ0v) is 9.49. The molecule has 0 spiro atoms. The van der Waals surface area contributed by atoms with E-state index in [0.717, 1.165) is 12.0 Å². The number of methoxy groups -OCH3 is 1. The fraction of sp³-hybridized carbons (Fsp3) is 0.667. The first-order valence-electron chi connectivity index (χ1n) is 5.79. The average molecular weight is 223 g/mol. The highest BCUT2D eigenvalue weighted by Crippen LogP contribution is 2.43. The Hall–Kier alpha value is -1.32. The topological polar surface area (TPSA) is 55.4 Å². The minimum atomic E-state index is -0.409. The van der Waals surface area contributed by atoms with Crippen molar-refractivity contribution in [3.63, 3.8) is 0 Å². The first kappa shape index (κ1) is 11.2. The summed E-state index contributed by atoms with van der Waals surface area (Å²) in [4.78, 5) is 22.6. The van der Waals surface area contributed by atoms with Gasteiger partial charge in [-0.25, -0.2) is 0 Å². The van der Waals surface area contributed by atoms with Crippen LogP contribution in [0.1, 0.15) is 25.7 Å². The lowest BCUT2D eigenvalue weighted by atomic mass is 9.66. The summed E-state index contributed by atoms with van der Waals surface area (Å²) in [6, 6.07) is 0. The zero-order valence-electron chi connectivity index (χ0n) is 9.49. The second-order valence-corrected chi connectivity index (χ2v) is 4.44. The van der Waals surface area contributed by atoms with Gasteiger partial charge >= 0.3 is 5.97 Å². The molecule has 1 fully saturated rings. The van der Waals surface area contributed by atoms with Crippen molar-refractivity contribution in [2.45, 2.75) is 25.7 Å². The first-order chi connectivity index (χ1) is 7.72. The van der Waals surface area contributed by atoms with Gasteiger partial charge in [-0.3, -0.25) is 9.59 Å². The number of nitrogens with one attached hydrogen (secondary N) is 1. The number of esters is 1. The Bertz CT molecular complexity index is 335. The molecule has 0 radical (unpaired) electrons. The van der Waals surface area contributed by atoms with Gasteiger partial charge in [-0.2, -0.15) is 0 Å². The predicted molar refractivity (Wildman–Crippen MR) is 58.6 cm³/mol. The molecule has 0 heterocycles. The molecule has 0 bridgehead atoms. The number of allylic oxidation sites excluding steroid dienone is 1. The molecule has 2 aliphatic carbocycles. The average Bonchev–Trinajstić information content (AvgIpc) is 2.27. The van der Waals surface area contributed by atoms with Crippen LogP contribution in [0.4, 0.5) is 0 Å². The van der Waals surface area contributed by atoms with Crippen molar-refractivity contribution < 1.29 is 14.3 Å². The highest BCUT2D eigenvalue weighted by Gasteiger charge is 2.37. The Labute approximate surface area is 95.0 Å². The fourth-order valence-corrected chi connectivity index (χ4v) is 2.55. The smallest absolute Gasteiger partial charge is 0.325 e. The molecule has 0 aromatic carbocycles. The Kier molecular flexibility index (Phi) is 3.27. The molecule has 4 nitrogen and oxygen atoms in total. The number of hydrogen-bond donors (Lipinski definition) is 1. The van der Waals surface area contributed by atoms with Crippen LogP contribution in [-0.2, 0) is 14.3 Å². The van der Waals surface area contributed by atoms with Crippen LogP contribution in [0.25, 0.3) is 0 Å². The molecule has 0 aromatic heterocycles. The summed E-state index contributed by atoms with van der Waals surface area (Å²) in [5.41, 5.74) is 0.869. The lowest BCUT2D eigenvalue weighted by Gasteiger charge is -2.38. The first-order valence-corrected chi connectivity index (χ1v) is 5.79. The highest BCUT2D eigenvalue weighted by molar-refractivity contribution is 5.97. The van der Waals surface area contributed by atoms with Crippen molar-refractivity contribution in [1.82, 2.24) is 5.32 Å². The van der Waals surface area contributed by atoms with Gasteiger partial charge < -0.3 is 10.1 Å². The van der Waals surface area contributed by atoms with Gasteiger partial charge in [0.1, 0.15) is 6.54 Å². The second kappa shape index (κ2) is 4.68. The number of carbonyl (C=O) groups is 2. The molecule has 2 atom stereocenters. The van der Waals surface area contributed by atoms with Crippen molar-refractivity contribution in [2.24, 2.45) is 11.8 Å². The largest absolute Gasteiger partial charge is 0.468 e. The van der Waals surface area contributed by atoms with Crippen LogP contribution in [0.15, 0.2) is 11.6 Å². The summed E-state index contributed by atoms with van der Waals surface area (Å²) in [5.74, 6) is 0.529. The number of rotatable bonds is 3. The number of ether oxygens (including phenoxy) is 1. The van der Waals surface area contributed by atoms with Gasteiger partial charge in [-0.05, 0) is 24.7 Å². The molecule has 2 aliphatic rings. The molecule has 2 unspecified atom stereocenters. The molecule has 16 heavy (non-hydrogen) atoms. The molecule has 0 saturated heterocycles. The maximum absolute atomic E-state index is 11.7. The van der Waals surface area contributed by atoms with Gasteiger partial charge in [0.25, 0.3) is 0 Å². The van der Waals surface area contributed by atoms with Crippen LogP contribution in [0.2, 0.25) is 0 Å². The van der Waals surface area contributed by atoms with Gasteiger partial charge in [0.05, 0.1) is 7.11 Å². The van der Waals surface area contributed by atoms with E-state index in [0.29, 0.717) is 11.8 Å². The van der Waals surface area contributed by atoms with Crippen LogP contribution >= 0.6 is 0 Å². The molecule has 1 N–H and O–H groups in total. The molecule has 4 heteroatoms. The van der Waals surface area contributed by atoms with Crippen LogP contribution in [0, 0.1) is 11.8 Å². The van der Waals surface area contributed by atoms with Gasteiger partial charge in [0, 0.05) is 5.57 Å². The highest BCUT2D eigenvalue weighted by atomic mass is 16.5. The maximum atomic E-state index is 11.7. The summed E-state index contributed by atoms with van der Waals surface area (Å²) in [6.07, 6.45) is 6.86. The van der Waals surface area contributed by atoms with Crippen molar-refractivity contribution in [1.29, 1.82) is 0 Å². The second-order valence-electron chi connectivity index (χ2n) is 4.44. The van der Waals surface area contributed by atoms with Crippen LogP contribution in [0.5, 0.6) is 0 Å². The number of fused-ring (bicyclic) bond motifs is 1. The molecular formula is C12H17NO3. The predicted octanol–water partition coefficient (Wildman–Crippen LogP) is 1.02. The van der Waals surface area contributed by atoms with Crippen molar-refractivity contribution >= 4 is 11.9 Å². The van der Waals surface area contributed by atoms with E-state index in [4.69, 9.17) is 0 Å². The zero-order chi connectivity index (χ0) is 11.5. The number of carbonyl (C=O) groups excluding carboxylic acids is 2. The van der Waals surface area contributed by atoms with Crippen LogP contribution < -0.4 is 5.32 Å². The monoisotopic (exact) mass is 223 g/mol. The SMILES string of the molecule is COC(=O)CNC(=O)C1=CC2CCCCC12. The van der Waals surface area contributed by atoms with E-state index in [1.165, 1.54) is 26.4 Å². The summed E-state index contributed by atoms with van der Waals surface area (Å²) < 4.78 is 4.47. The van der Waals surface area contributed by atoms with E-state index in [-0.39, 0.29) is 12.5 Å². The minimum Gasteiger partial charge on any atom is -0.468 e. The molecule has 2 rings (SSSR count). The molecule has 0 aliphatic heterocycles. The van der Waals surface area contributed by atoms with Crippen molar-refractivity contribution in [2.75, 3.05) is 13.7 Å². The lowest BCUT2D eigenvalue weighted by molar-refractivity contribution is -0.140. The Morgan fingerprint density at radius 1 is 1.44 bits per heavy atom. The van der Waals surface area contributed by atoms with Gasteiger partial charge in [-0.1, -0.05) is 18.9 Å². The number of amides is 1. The molecule has 1 amide bonds. The normalized spacial score (nSPS) is 27.2. The summed E-state index contributed by atoms with van der Waals surface area (Å²) in [5, 5.41) is 2.59. The summed E-state index contributed by atoms with van der Waals surface area (Å²) >= 11 is 0. The standard InChI is InChI=1S/C12H17NO3/c1-16-11(14)7-13-12(15)10-6-8-4-2-3-5-9(8)10/h6,8-9H,2-5,7H2,1H3,(H,13,15). The third kappa shape index (κ3) is 2.10. The molecular weight excluding hydrogens is 206 g/mol. The van der Waals surface area contributed by atoms with Crippen molar-refractivity contribution in [3.05, 3.63) is 11.6 Å². The van der Waals surface area contributed by atoms with E-state index in [9.17, 15) is 9.59 Å². The van der Waals surface area contributed by atoms with Crippen LogP contribution in [-0.4, -0.2) is 25.5 Å². The molecule has 1 saturated carbocycles. The van der Waals surface area contributed by atoms with Gasteiger partial charge in [0.15, 0.2) is 0 Å². The van der Waals surface area contributed by atoms with E-state index in [1.54, 1.807) is 0 Å².